The van der Waals surface area contributed by atoms with Crippen LogP contribution in [-0.2, 0) is 32.6 Å². The van der Waals surface area contributed by atoms with Crippen LogP contribution in [0.15, 0.2) is 48.5 Å². The van der Waals surface area contributed by atoms with E-state index < -0.39 is 27.4 Å². The molecule has 0 aliphatic carbocycles. The summed E-state index contributed by atoms with van der Waals surface area (Å²) in [5, 5.41) is 13.7. The highest BCUT2D eigenvalue weighted by Crippen LogP contribution is 2.23. The van der Waals surface area contributed by atoms with Gasteiger partial charge in [0.15, 0.2) is 0 Å². The number of carbonyl (C=O) groups excluding carboxylic acids is 1. The molecule has 0 saturated carbocycles. The van der Waals surface area contributed by atoms with E-state index in [2.05, 4.69) is 10.2 Å². The Balaban J connectivity index is 1.63. The van der Waals surface area contributed by atoms with E-state index in [1.54, 1.807) is 0 Å². The van der Waals surface area contributed by atoms with E-state index in [0.29, 0.717) is 0 Å². The number of nitro groups is 1. The lowest BCUT2D eigenvalue weighted by molar-refractivity contribution is -0.384. The topological polar surface area (TPSA) is 122 Å². The zero-order chi connectivity index (χ0) is 23.1. The minimum absolute atomic E-state index is 0.0596. The molecule has 11 heteroatoms. The molecule has 0 unspecified atom stereocenters. The summed E-state index contributed by atoms with van der Waals surface area (Å²) in [6.07, 6.45) is 0.953. The van der Waals surface area contributed by atoms with Crippen molar-refractivity contribution in [2.45, 2.75) is 13.1 Å². The van der Waals surface area contributed by atoms with Gasteiger partial charge in [0.1, 0.15) is 6.54 Å². The van der Waals surface area contributed by atoms with E-state index in [-0.39, 0.29) is 17.9 Å². The van der Waals surface area contributed by atoms with Gasteiger partial charge in [-0.1, -0.05) is 30.3 Å². The summed E-state index contributed by atoms with van der Waals surface area (Å²) >= 11 is 0. The molecule has 2 aromatic carbocycles. The normalized spacial score (nSPS) is 14.7. The van der Waals surface area contributed by atoms with Crippen LogP contribution in [0, 0.1) is 10.1 Å². The second-order valence-corrected chi connectivity index (χ2v) is 9.44. The molecule has 0 spiro atoms. The number of hydrogen-bond donors (Lipinski definition) is 1. The molecule has 1 fully saturated rings. The summed E-state index contributed by atoms with van der Waals surface area (Å²) < 4.78 is 30.7. The van der Waals surface area contributed by atoms with Crippen LogP contribution in [0.5, 0.6) is 0 Å². The third kappa shape index (κ3) is 6.74. The zero-order valence-corrected chi connectivity index (χ0v) is 18.6. The Hall–Kier alpha value is -3.02. The van der Waals surface area contributed by atoms with E-state index >= 15 is 0 Å². The predicted octanol–water partition coefficient (Wildman–Crippen LogP) is 1.51. The van der Waals surface area contributed by atoms with Crippen molar-refractivity contribution >= 4 is 27.3 Å². The summed E-state index contributed by atoms with van der Waals surface area (Å²) in [4.78, 5) is 25.2. The van der Waals surface area contributed by atoms with Crippen molar-refractivity contribution < 1.29 is 22.9 Å². The number of hydrogen-bond acceptors (Lipinski definition) is 7. The Kier molecular flexibility index (Phi) is 7.78. The van der Waals surface area contributed by atoms with Crippen molar-refractivity contribution in [2.24, 2.45) is 0 Å². The van der Waals surface area contributed by atoms with Crippen molar-refractivity contribution in [3.8, 4) is 0 Å². The van der Waals surface area contributed by atoms with Gasteiger partial charge in [-0.2, -0.15) is 0 Å². The molecule has 0 radical (unpaired) electrons. The number of anilines is 1. The summed E-state index contributed by atoms with van der Waals surface area (Å²) in [5.74, 6) is -0.513. The number of nitrogens with one attached hydrogen (secondary N) is 1. The van der Waals surface area contributed by atoms with Crippen LogP contribution in [-0.4, -0.2) is 63.3 Å². The summed E-state index contributed by atoms with van der Waals surface area (Å²) in [7, 11) is -3.83. The number of non-ortho nitro benzene ring substituents is 1. The molecule has 1 heterocycles. The maximum absolute atomic E-state index is 12.5. The number of benzene rings is 2. The van der Waals surface area contributed by atoms with Gasteiger partial charge < -0.3 is 10.1 Å². The highest BCUT2D eigenvalue weighted by molar-refractivity contribution is 7.92. The predicted molar refractivity (Wildman–Crippen MR) is 120 cm³/mol. The Morgan fingerprint density at radius 3 is 2.53 bits per heavy atom. The smallest absolute Gasteiger partial charge is 0.271 e. The summed E-state index contributed by atoms with van der Waals surface area (Å²) in [5.41, 5.74) is 1.82. The molecule has 2 aromatic rings. The monoisotopic (exact) mass is 462 g/mol. The first kappa shape index (κ1) is 23.6. The van der Waals surface area contributed by atoms with Crippen molar-refractivity contribution in [1.29, 1.82) is 0 Å². The molecule has 1 saturated heterocycles. The van der Waals surface area contributed by atoms with Crippen LogP contribution < -0.4 is 9.62 Å². The fraction of sp³-hybridized carbons (Fsp3) is 0.381. The van der Waals surface area contributed by atoms with Crippen LogP contribution in [0.2, 0.25) is 0 Å². The fourth-order valence-corrected chi connectivity index (χ4v) is 4.25. The molecule has 0 aromatic heterocycles. The number of morpholine rings is 1. The molecule has 1 N–H and O–H groups in total. The Morgan fingerprint density at radius 1 is 1.16 bits per heavy atom. The van der Waals surface area contributed by atoms with Crippen LogP contribution in [0.25, 0.3) is 0 Å². The quantitative estimate of drug-likeness (QED) is 0.443. The largest absolute Gasteiger partial charge is 0.379 e. The van der Waals surface area contributed by atoms with Crippen molar-refractivity contribution in [3.05, 3.63) is 69.8 Å². The highest BCUT2D eigenvalue weighted by Gasteiger charge is 2.22. The molecule has 0 bridgehead atoms. The minimum Gasteiger partial charge on any atom is -0.379 e. The van der Waals surface area contributed by atoms with Gasteiger partial charge in [-0.3, -0.25) is 24.1 Å². The van der Waals surface area contributed by atoms with Gasteiger partial charge in [0.25, 0.3) is 5.69 Å². The molecule has 32 heavy (non-hydrogen) atoms. The second kappa shape index (κ2) is 10.5. The third-order valence-corrected chi connectivity index (χ3v) is 6.15. The average Bonchev–Trinajstić information content (AvgIpc) is 2.76. The highest BCUT2D eigenvalue weighted by atomic mass is 32.2. The van der Waals surface area contributed by atoms with Gasteiger partial charge in [0.05, 0.1) is 30.1 Å². The number of rotatable bonds is 9. The van der Waals surface area contributed by atoms with Gasteiger partial charge in [-0.05, 0) is 17.2 Å². The maximum atomic E-state index is 12.5. The molecule has 0 atom stereocenters. The Bertz CT molecular complexity index is 1070. The first-order valence-corrected chi connectivity index (χ1v) is 11.9. The molecule has 10 nitrogen and oxygen atoms in total. The SMILES string of the molecule is CS(=O)(=O)N(CC(=O)NCc1cccc(CN2CCOCC2)c1)c1cccc([N+](=O)[O-])c1. The second-order valence-electron chi connectivity index (χ2n) is 7.53. The molecular weight excluding hydrogens is 436 g/mol. The number of ether oxygens (including phenoxy) is 1. The van der Waals surface area contributed by atoms with E-state index in [9.17, 15) is 23.3 Å². The lowest BCUT2D eigenvalue weighted by Gasteiger charge is -2.26. The lowest BCUT2D eigenvalue weighted by Crippen LogP contribution is -2.40. The van der Waals surface area contributed by atoms with E-state index in [0.717, 1.165) is 60.6 Å². The number of sulfonamides is 1. The summed E-state index contributed by atoms with van der Waals surface area (Å²) in [6.45, 7) is 3.74. The summed E-state index contributed by atoms with van der Waals surface area (Å²) in [6, 6.07) is 13.0. The molecule has 1 aliphatic heterocycles. The van der Waals surface area contributed by atoms with Crippen LogP contribution in [0.1, 0.15) is 11.1 Å². The van der Waals surface area contributed by atoms with E-state index in [1.165, 1.54) is 18.2 Å². The third-order valence-electron chi connectivity index (χ3n) is 5.01. The first-order valence-electron chi connectivity index (χ1n) is 10.1. The fourth-order valence-electron chi connectivity index (χ4n) is 3.40. The van der Waals surface area contributed by atoms with Gasteiger partial charge >= 0.3 is 0 Å². The van der Waals surface area contributed by atoms with Crippen LogP contribution in [0.3, 0.4) is 0 Å². The van der Waals surface area contributed by atoms with Crippen LogP contribution >= 0.6 is 0 Å². The van der Waals surface area contributed by atoms with E-state index in [4.69, 9.17) is 4.74 Å². The Morgan fingerprint density at radius 2 is 1.84 bits per heavy atom. The number of amides is 1. The lowest BCUT2D eigenvalue weighted by atomic mass is 10.1. The number of nitrogens with zero attached hydrogens (tertiary/aromatic N) is 3. The van der Waals surface area contributed by atoms with Crippen molar-refractivity contribution in [3.63, 3.8) is 0 Å². The van der Waals surface area contributed by atoms with Gasteiger partial charge in [-0.15, -0.1) is 0 Å². The first-order chi connectivity index (χ1) is 15.2. The number of carbonyl (C=O) groups is 1. The molecule has 1 aliphatic rings. The minimum atomic E-state index is -3.83. The molecular formula is C21H26N4O6S. The average molecular weight is 463 g/mol. The van der Waals surface area contributed by atoms with Gasteiger partial charge in [-0.25, -0.2) is 8.42 Å². The van der Waals surface area contributed by atoms with Crippen molar-refractivity contribution in [2.75, 3.05) is 43.4 Å². The molecule has 172 valence electrons. The number of nitro benzene ring substituents is 1. The van der Waals surface area contributed by atoms with Crippen LogP contribution in [0.4, 0.5) is 11.4 Å². The Labute approximate surface area is 187 Å². The standard InChI is InChI=1S/C21H26N4O6S/c1-32(29,30)24(19-6-3-7-20(13-19)25(27)28)16-21(26)22-14-17-4-2-5-18(12-17)15-23-8-10-31-11-9-23/h2-7,12-13H,8-11,14-16H2,1H3,(H,22,26). The van der Waals surface area contributed by atoms with Gasteiger partial charge in [0, 0.05) is 38.3 Å². The zero-order valence-electron chi connectivity index (χ0n) is 17.8. The molecule has 1 amide bonds. The maximum Gasteiger partial charge on any atom is 0.271 e. The van der Waals surface area contributed by atoms with Crippen molar-refractivity contribution in [1.82, 2.24) is 10.2 Å². The van der Waals surface area contributed by atoms with Gasteiger partial charge in [0.2, 0.25) is 15.9 Å². The van der Waals surface area contributed by atoms with E-state index in [1.807, 2.05) is 24.3 Å². The molecule has 3 rings (SSSR count).